The average Bonchev–Trinajstić information content (AvgIpc) is 2.59. The molecule has 0 aromatic heterocycles. The maximum absolute atomic E-state index is 12.3. The Balaban J connectivity index is 1.94. The lowest BCUT2D eigenvalue weighted by Crippen LogP contribution is -2.43. The van der Waals surface area contributed by atoms with E-state index in [9.17, 15) is 9.59 Å². The smallest absolute Gasteiger partial charge is 0.270 e. The van der Waals surface area contributed by atoms with Crippen molar-refractivity contribution in [2.24, 2.45) is 5.92 Å². The summed E-state index contributed by atoms with van der Waals surface area (Å²) in [4.78, 5) is 24.4. The van der Waals surface area contributed by atoms with Gasteiger partial charge in [0.2, 0.25) is 5.91 Å². The van der Waals surface area contributed by atoms with Gasteiger partial charge in [-0.15, -0.1) is 0 Å². The molecule has 0 saturated heterocycles. The van der Waals surface area contributed by atoms with Gasteiger partial charge in [0, 0.05) is 4.47 Å². The van der Waals surface area contributed by atoms with Crippen molar-refractivity contribution in [2.45, 2.75) is 33.1 Å². The first-order valence-corrected chi connectivity index (χ1v) is 9.11. The second kappa shape index (κ2) is 8.81. The molecule has 0 saturated carbocycles. The van der Waals surface area contributed by atoms with E-state index in [1.165, 1.54) is 5.56 Å². The maximum atomic E-state index is 12.3. The average molecular weight is 403 g/mol. The Kier molecular flexibility index (Phi) is 6.76. The highest BCUT2D eigenvalue weighted by Crippen LogP contribution is 2.18. The van der Waals surface area contributed by atoms with Crippen LogP contribution in [0.5, 0.6) is 0 Å². The Morgan fingerprint density at radius 3 is 2.20 bits per heavy atom. The number of carbonyl (C=O) groups excluding carboxylic acids is 2. The van der Waals surface area contributed by atoms with Gasteiger partial charge < -0.3 is 0 Å². The van der Waals surface area contributed by atoms with Crippen molar-refractivity contribution in [3.05, 3.63) is 69.7 Å². The number of benzene rings is 2. The molecule has 0 radical (unpaired) electrons. The highest BCUT2D eigenvalue weighted by atomic mass is 79.9. The van der Waals surface area contributed by atoms with Crippen molar-refractivity contribution in [3.63, 3.8) is 0 Å². The van der Waals surface area contributed by atoms with Gasteiger partial charge in [-0.1, -0.05) is 50.2 Å². The predicted octanol–water partition coefficient (Wildman–Crippen LogP) is 4.21. The third-order valence-electron chi connectivity index (χ3n) is 3.93. The van der Waals surface area contributed by atoms with Crippen molar-refractivity contribution >= 4 is 27.7 Å². The van der Waals surface area contributed by atoms with E-state index in [0.717, 1.165) is 12.0 Å². The third kappa shape index (κ3) is 5.43. The summed E-state index contributed by atoms with van der Waals surface area (Å²) in [5.41, 5.74) is 7.59. The molecule has 2 aromatic rings. The molecule has 2 aromatic carbocycles. The topological polar surface area (TPSA) is 58.2 Å². The molecule has 0 spiro atoms. The number of hydrogen-bond donors (Lipinski definition) is 2. The molecule has 1 atom stereocenters. The van der Waals surface area contributed by atoms with Crippen LogP contribution in [0.1, 0.15) is 48.2 Å². The largest absolute Gasteiger partial charge is 0.273 e. The zero-order valence-corrected chi connectivity index (χ0v) is 16.3. The summed E-state index contributed by atoms with van der Waals surface area (Å²) in [7, 11) is 0. The number of hydrazine groups is 1. The summed E-state index contributed by atoms with van der Waals surface area (Å²) in [6.07, 6.45) is 1.02. The molecule has 0 heterocycles. The molecule has 2 rings (SSSR count). The SMILES string of the molecule is CC(C)Cc1ccc(C(C)C(=O)NNC(=O)c2ccccc2Br)cc1. The Bertz CT molecular complexity index is 742. The van der Waals surface area contributed by atoms with Crippen molar-refractivity contribution < 1.29 is 9.59 Å². The molecule has 2 N–H and O–H groups in total. The highest BCUT2D eigenvalue weighted by Gasteiger charge is 2.17. The molecule has 132 valence electrons. The van der Waals surface area contributed by atoms with E-state index in [1.807, 2.05) is 25.1 Å². The lowest BCUT2D eigenvalue weighted by Gasteiger charge is -2.14. The van der Waals surface area contributed by atoms with Crippen LogP contribution in [0.3, 0.4) is 0 Å². The fourth-order valence-electron chi connectivity index (χ4n) is 2.50. The fourth-order valence-corrected chi connectivity index (χ4v) is 2.97. The summed E-state index contributed by atoms with van der Waals surface area (Å²) in [6.45, 7) is 6.17. The lowest BCUT2D eigenvalue weighted by molar-refractivity contribution is -0.123. The third-order valence-corrected chi connectivity index (χ3v) is 4.63. The molecule has 0 fully saturated rings. The second-order valence-corrected chi connectivity index (χ2v) is 7.34. The monoisotopic (exact) mass is 402 g/mol. The van der Waals surface area contributed by atoms with E-state index in [-0.39, 0.29) is 17.7 Å². The van der Waals surface area contributed by atoms with Crippen molar-refractivity contribution in [2.75, 3.05) is 0 Å². The molecular weight excluding hydrogens is 380 g/mol. The zero-order chi connectivity index (χ0) is 18.4. The van der Waals surface area contributed by atoms with Gasteiger partial charge in [-0.05, 0) is 58.5 Å². The first-order chi connectivity index (χ1) is 11.9. The molecule has 0 aliphatic heterocycles. The normalized spacial score (nSPS) is 11.9. The number of carbonyl (C=O) groups is 2. The van der Waals surface area contributed by atoms with E-state index >= 15 is 0 Å². The Morgan fingerprint density at radius 2 is 1.60 bits per heavy atom. The van der Waals surface area contributed by atoms with E-state index in [0.29, 0.717) is 16.0 Å². The van der Waals surface area contributed by atoms with Crippen LogP contribution in [-0.4, -0.2) is 11.8 Å². The van der Waals surface area contributed by atoms with Crippen LogP contribution in [0.25, 0.3) is 0 Å². The van der Waals surface area contributed by atoms with Crippen LogP contribution >= 0.6 is 15.9 Å². The standard InChI is InChI=1S/C20H23BrN2O2/c1-13(2)12-15-8-10-16(11-9-15)14(3)19(24)22-23-20(25)17-6-4-5-7-18(17)21/h4-11,13-14H,12H2,1-3H3,(H,22,24)(H,23,25). The first kappa shape index (κ1) is 19.2. The van der Waals surface area contributed by atoms with Gasteiger partial charge in [0.1, 0.15) is 0 Å². The minimum Gasteiger partial charge on any atom is -0.273 e. The molecular formula is C20H23BrN2O2. The molecule has 2 amide bonds. The molecule has 1 unspecified atom stereocenters. The van der Waals surface area contributed by atoms with Gasteiger partial charge in [-0.3, -0.25) is 20.4 Å². The Morgan fingerprint density at radius 1 is 0.960 bits per heavy atom. The zero-order valence-electron chi connectivity index (χ0n) is 14.7. The van der Waals surface area contributed by atoms with Crippen LogP contribution in [0.2, 0.25) is 0 Å². The molecule has 0 aliphatic rings. The second-order valence-electron chi connectivity index (χ2n) is 6.48. The quantitative estimate of drug-likeness (QED) is 0.735. The summed E-state index contributed by atoms with van der Waals surface area (Å²) < 4.78 is 0.676. The van der Waals surface area contributed by atoms with Crippen molar-refractivity contribution in [1.82, 2.24) is 10.9 Å². The predicted molar refractivity (Wildman–Crippen MR) is 103 cm³/mol. The van der Waals surface area contributed by atoms with Crippen molar-refractivity contribution in [3.8, 4) is 0 Å². The molecule has 0 bridgehead atoms. The van der Waals surface area contributed by atoms with Gasteiger partial charge in [-0.2, -0.15) is 0 Å². The minimum atomic E-state index is -0.361. The highest BCUT2D eigenvalue weighted by molar-refractivity contribution is 9.10. The molecule has 5 heteroatoms. The van der Waals surface area contributed by atoms with E-state index in [2.05, 4.69) is 52.8 Å². The van der Waals surface area contributed by atoms with Crippen LogP contribution in [0.4, 0.5) is 0 Å². The molecule has 25 heavy (non-hydrogen) atoms. The van der Waals surface area contributed by atoms with Crippen LogP contribution in [-0.2, 0) is 11.2 Å². The summed E-state index contributed by atoms with van der Waals surface area (Å²) in [6, 6.07) is 15.1. The summed E-state index contributed by atoms with van der Waals surface area (Å²) in [5, 5.41) is 0. The van der Waals surface area contributed by atoms with Gasteiger partial charge in [0.05, 0.1) is 11.5 Å². The van der Waals surface area contributed by atoms with E-state index in [1.54, 1.807) is 18.2 Å². The number of halogens is 1. The number of amides is 2. The Hall–Kier alpha value is -2.14. The van der Waals surface area contributed by atoms with Crippen LogP contribution in [0.15, 0.2) is 53.0 Å². The van der Waals surface area contributed by atoms with Crippen molar-refractivity contribution in [1.29, 1.82) is 0 Å². The van der Waals surface area contributed by atoms with Gasteiger partial charge in [0.25, 0.3) is 5.91 Å². The Labute approximate surface area is 157 Å². The lowest BCUT2D eigenvalue weighted by atomic mass is 9.96. The number of rotatable bonds is 5. The first-order valence-electron chi connectivity index (χ1n) is 8.32. The van der Waals surface area contributed by atoms with Gasteiger partial charge >= 0.3 is 0 Å². The summed E-state index contributed by atoms with van der Waals surface area (Å²) in [5.74, 6) is -0.371. The van der Waals surface area contributed by atoms with Gasteiger partial charge in [0.15, 0.2) is 0 Å². The summed E-state index contributed by atoms with van der Waals surface area (Å²) >= 11 is 3.32. The minimum absolute atomic E-state index is 0.253. The van der Waals surface area contributed by atoms with Gasteiger partial charge in [-0.25, -0.2) is 0 Å². The van der Waals surface area contributed by atoms with E-state index in [4.69, 9.17) is 0 Å². The van der Waals surface area contributed by atoms with Crippen LogP contribution < -0.4 is 10.9 Å². The van der Waals surface area contributed by atoms with E-state index < -0.39 is 0 Å². The molecule has 0 aliphatic carbocycles. The number of nitrogens with one attached hydrogen (secondary N) is 2. The number of hydrogen-bond acceptors (Lipinski definition) is 2. The maximum Gasteiger partial charge on any atom is 0.270 e. The molecule has 4 nitrogen and oxygen atoms in total. The fraction of sp³-hybridized carbons (Fsp3) is 0.300. The van der Waals surface area contributed by atoms with Crippen LogP contribution in [0, 0.1) is 5.92 Å².